The minimum atomic E-state index is -0.359. The lowest BCUT2D eigenvalue weighted by Crippen LogP contribution is -2.32. The number of ether oxygens (including phenoxy) is 2. The summed E-state index contributed by atoms with van der Waals surface area (Å²) in [6, 6.07) is 15.0. The number of benzene rings is 2. The highest BCUT2D eigenvalue weighted by Gasteiger charge is 2.35. The Kier molecular flexibility index (Phi) is 10.4. The molecule has 2 aromatic rings. The molecule has 7 heteroatoms. The third kappa shape index (κ3) is 7.53. The number of allylic oxidation sites excluding steroid dienone is 3. The molecule has 2 aromatic carbocycles. The van der Waals surface area contributed by atoms with Gasteiger partial charge in [-0.25, -0.2) is 4.79 Å². The standard InChI is InChI=1S/C23H26N2O4.C7H8O.C2H6/c1-13-8-16(12-24-13)29-23(27)18-11-19-20(25-14(18)2)9-15(10-21(19)26)17-6-4-5-7-22(17)28-3;1-6-3-2-4-7(8)5-6;1-2/h4-7,15-16,24-25H,1,8-12H2,2-3H3;2-5,8H,1H3;1-2H3/t15-,16+;;/m1../s1. The largest absolute Gasteiger partial charge is 0.508 e. The van der Waals surface area contributed by atoms with E-state index in [1.165, 1.54) is 0 Å². The fraction of sp³-hybridized carbons (Fsp3) is 0.375. The van der Waals surface area contributed by atoms with E-state index in [1.807, 2.05) is 64.1 Å². The molecule has 0 saturated carbocycles. The Hall–Kier alpha value is -4.00. The monoisotopic (exact) mass is 532 g/mol. The van der Waals surface area contributed by atoms with E-state index in [1.54, 1.807) is 19.2 Å². The maximum absolute atomic E-state index is 12.9. The number of hydrogen-bond donors (Lipinski definition) is 3. The van der Waals surface area contributed by atoms with Crippen LogP contribution in [0.15, 0.2) is 83.3 Å². The van der Waals surface area contributed by atoms with Crippen LogP contribution in [0.1, 0.15) is 63.5 Å². The van der Waals surface area contributed by atoms with Crippen LogP contribution in [0.5, 0.6) is 11.5 Å². The number of carbonyl (C=O) groups excluding carboxylic acids is 2. The first-order valence-electron chi connectivity index (χ1n) is 13.5. The Morgan fingerprint density at radius 3 is 2.41 bits per heavy atom. The number of nitrogens with one attached hydrogen (secondary N) is 2. The fourth-order valence-electron chi connectivity index (χ4n) is 4.96. The van der Waals surface area contributed by atoms with Gasteiger partial charge in [0.1, 0.15) is 17.6 Å². The first-order valence-corrected chi connectivity index (χ1v) is 13.5. The van der Waals surface area contributed by atoms with Crippen molar-refractivity contribution in [2.75, 3.05) is 13.7 Å². The topological polar surface area (TPSA) is 96.9 Å². The van der Waals surface area contributed by atoms with Crippen molar-refractivity contribution in [3.8, 4) is 11.5 Å². The van der Waals surface area contributed by atoms with Gasteiger partial charge in [-0.3, -0.25) is 4.79 Å². The van der Waals surface area contributed by atoms with Crippen molar-refractivity contribution in [3.63, 3.8) is 0 Å². The Labute approximate surface area is 231 Å². The van der Waals surface area contributed by atoms with Crippen LogP contribution in [0.2, 0.25) is 0 Å². The molecule has 2 aliphatic heterocycles. The predicted molar refractivity (Wildman–Crippen MR) is 153 cm³/mol. The van der Waals surface area contributed by atoms with Crippen LogP contribution < -0.4 is 15.4 Å². The molecule has 1 aliphatic carbocycles. The van der Waals surface area contributed by atoms with Crippen molar-refractivity contribution >= 4 is 11.8 Å². The lowest BCUT2D eigenvalue weighted by molar-refractivity contribution is -0.143. The average molecular weight is 533 g/mol. The van der Waals surface area contributed by atoms with E-state index in [0.717, 1.165) is 34.0 Å². The van der Waals surface area contributed by atoms with Crippen molar-refractivity contribution in [3.05, 3.63) is 94.5 Å². The lowest BCUT2D eigenvalue weighted by atomic mass is 9.78. The third-order valence-electron chi connectivity index (χ3n) is 6.88. The SMILES string of the molecule is C=C1C[C@H](OC(=O)C2=C(C)NC3=C(C2)C(=O)C[C@H](c2ccccc2OC)C3)CN1.CC.Cc1cccc(O)c1. The van der Waals surface area contributed by atoms with Gasteiger partial charge in [0.05, 0.1) is 19.2 Å². The zero-order chi connectivity index (χ0) is 28.5. The van der Waals surface area contributed by atoms with Crippen LogP contribution in [-0.4, -0.2) is 36.6 Å². The number of hydrogen-bond acceptors (Lipinski definition) is 7. The molecule has 3 N–H and O–H groups in total. The number of dihydropyridines is 1. The van der Waals surface area contributed by atoms with Crippen molar-refractivity contribution in [1.29, 1.82) is 0 Å². The van der Waals surface area contributed by atoms with E-state index >= 15 is 0 Å². The Morgan fingerprint density at radius 1 is 1.05 bits per heavy atom. The number of ketones is 1. The summed E-state index contributed by atoms with van der Waals surface area (Å²) in [6.07, 6.45) is 1.87. The molecule has 39 heavy (non-hydrogen) atoms. The number of rotatable bonds is 4. The second-order valence-electron chi connectivity index (χ2n) is 9.69. The van der Waals surface area contributed by atoms with Crippen molar-refractivity contribution in [2.24, 2.45) is 0 Å². The summed E-state index contributed by atoms with van der Waals surface area (Å²) in [5.41, 5.74) is 5.90. The molecule has 5 rings (SSSR count). The van der Waals surface area contributed by atoms with Crippen LogP contribution in [0.3, 0.4) is 0 Å². The number of methoxy groups -OCH3 is 1. The average Bonchev–Trinajstić information content (AvgIpc) is 3.33. The number of phenols is 1. The first kappa shape index (κ1) is 29.6. The normalized spacial score (nSPS) is 19.9. The van der Waals surface area contributed by atoms with Gasteiger partial charge in [-0.2, -0.15) is 0 Å². The van der Waals surface area contributed by atoms with Gasteiger partial charge in [-0.1, -0.05) is 50.8 Å². The summed E-state index contributed by atoms with van der Waals surface area (Å²) in [4.78, 5) is 25.6. The van der Waals surface area contributed by atoms with Gasteiger partial charge in [0.25, 0.3) is 0 Å². The molecule has 0 bridgehead atoms. The van der Waals surface area contributed by atoms with Gasteiger partial charge >= 0.3 is 5.97 Å². The molecule has 208 valence electrons. The van der Waals surface area contributed by atoms with Crippen LogP contribution in [-0.2, 0) is 14.3 Å². The van der Waals surface area contributed by atoms with Crippen LogP contribution in [0, 0.1) is 6.92 Å². The van der Waals surface area contributed by atoms with Gasteiger partial charge in [0.15, 0.2) is 5.78 Å². The fourth-order valence-corrected chi connectivity index (χ4v) is 4.96. The Bertz CT molecular complexity index is 1260. The van der Waals surface area contributed by atoms with E-state index in [4.69, 9.17) is 14.6 Å². The number of phenolic OH excluding ortho intramolecular Hbond substituents is 1. The summed E-state index contributed by atoms with van der Waals surface area (Å²) in [6.45, 7) is 12.2. The quantitative estimate of drug-likeness (QED) is 0.428. The Balaban J connectivity index is 0.000000357. The van der Waals surface area contributed by atoms with Crippen molar-refractivity contribution in [2.45, 2.75) is 65.4 Å². The molecule has 0 aromatic heterocycles. The number of aryl methyl sites for hydroxylation is 1. The van der Waals surface area contributed by atoms with Crippen LogP contribution in [0.4, 0.5) is 0 Å². The molecule has 2 atom stereocenters. The van der Waals surface area contributed by atoms with Gasteiger partial charge in [0, 0.05) is 47.8 Å². The van der Waals surface area contributed by atoms with Crippen molar-refractivity contribution < 1.29 is 24.2 Å². The lowest BCUT2D eigenvalue weighted by Gasteiger charge is -2.32. The summed E-state index contributed by atoms with van der Waals surface area (Å²) in [5, 5.41) is 15.2. The zero-order valence-corrected chi connectivity index (χ0v) is 23.6. The zero-order valence-electron chi connectivity index (χ0n) is 23.6. The molecule has 2 heterocycles. The number of aromatic hydroxyl groups is 1. The summed E-state index contributed by atoms with van der Waals surface area (Å²) in [5.74, 6) is 0.909. The van der Waals surface area contributed by atoms with Gasteiger partial charge in [-0.15, -0.1) is 0 Å². The molecule has 1 fully saturated rings. The number of esters is 1. The van der Waals surface area contributed by atoms with Gasteiger partial charge < -0.3 is 25.2 Å². The summed E-state index contributed by atoms with van der Waals surface area (Å²) >= 11 is 0. The molecule has 0 unspecified atom stereocenters. The molecule has 0 spiro atoms. The molecule has 0 radical (unpaired) electrons. The molecular weight excluding hydrogens is 492 g/mol. The number of Topliss-reactive ketones (excluding diaryl/α,β-unsaturated/α-hetero) is 1. The number of carbonyl (C=O) groups is 2. The minimum absolute atomic E-state index is 0.0572. The van der Waals surface area contributed by atoms with E-state index < -0.39 is 0 Å². The van der Waals surface area contributed by atoms with E-state index in [-0.39, 0.29) is 23.8 Å². The van der Waals surface area contributed by atoms with Crippen LogP contribution in [0.25, 0.3) is 0 Å². The predicted octanol–water partition coefficient (Wildman–Crippen LogP) is 5.81. The highest BCUT2D eigenvalue weighted by molar-refractivity contribution is 6.01. The smallest absolute Gasteiger partial charge is 0.336 e. The molecule has 3 aliphatic rings. The highest BCUT2D eigenvalue weighted by atomic mass is 16.5. The van der Waals surface area contributed by atoms with Gasteiger partial charge in [0.2, 0.25) is 0 Å². The second-order valence-corrected chi connectivity index (χ2v) is 9.69. The summed E-state index contributed by atoms with van der Waals surface area (Å²) < 4.78 is 11.1. The van der Waals surface area contributed by atoms with E-state index in [0.29, 0.717) is 49.1 Å². The first-order chi connectivity index (χ1) is 18.7. The van der Waals surface area contributed by atoms with Crippen molar-refractivity contribution in [1.82, 2.24) is 10.6 Å². The molecular formula is C32H40N2O5. The van der Waals surface area contributed by atoms with Crippen LogP contribution >= 0.6 is 0 Å². The van der Waals surface area contributed by atoms with Gasteiger partial charge in [-0.05, 0) is 49.6 Å². The maximum atomic E-state index is 12.9. The summed E-state index contributed by atoms with van der Waals surface area (Å²) in [7, 11) is 1.65. The van der Waals surface area contributed by atoms with E-state index in [2.05, 4.69) is 17.2 Å². The second kappa shape index (κ2) is 13.7. The highest BCUT2D eigenvalue weighted by Crippen LogP contribution is 2.41. The number of para-hydroxylation sites is 1. The molecule has 0 amide bonds. The molecule has 7 nitrogen and oxygen atoms in total. The minimum Gasteiger partial charge on any atom is -0.508 e. The van der Waals surface area contributed by atoms with E-state index in [9.17, 15) is 9.59 Å². The molecule has 1 saturated heterocycles. The maximum Gasteiger partial charge on any atom is 0.336 e. The Morgan fingerprint density at radius 2 is 1.79 bits per heavy atom. The third-order valence-corrected chi connectivity index (χ3v) is 6.88.